The van der Waals surface area contributed by atoms with E-state index in [-0.39, 0.29) is 0 Å². The minimum Gasteiger partial charge on any atom is -0.367 e. The molecule has 0 aliphatic heterocycles. The number of hydrogen-bond donors (Lipinski definition) is 2. The summed E-state index contributed by atoms with van der Waals surface area (Å²) >= 11 is 0. The van der Waals surface area contributed by atoms with Gasteiger partial charge in [-0.15, -0.1) is 0 Å². The maximum Gasteiger partial charge on any atom is 0.224 e. The second kappa shape index (κ2) is 5.84. The topological polar surface area (TPSA) is 49.8 Å². The molecule has 0 bridgehead atoms. The summed E-state index contributed by atoms with van der Waals surface area (Å²) in [6, 6.07) is 2.93. The highest BCUT2D eigenvalue weighted by molar-refractivity contribution is 5.40. The number of hydrogen-bond acceptors (Lipinski definition) is 4. The molecule has 2 rings (SSSR count). The Bertz CT molecular complexity index is 347. The quantitative estimate of drug-likeness (QED) is 0.822. The summed E-state index contributed by atoms with van der Waals surface area (Å²) in [5.41, 5.74) is 0. The first-order valence-electron chi connectivity index (χ1n) is 6.64. The molecular formula is C13H22N4. The summed E-state index contributed by atoms with van der Waals surface area (Å²) in [7, 11) is 0. The van der Waals surface area contributed by atoms with Gasteiger partial charge in [-0.2, -0.15) is 4.98 Å². The zero-order valence-electron chi connectivity index (χ0n) is 10.7. The monoisotopic (exact) mass is 234 g/mol. The van der Waals surface area contributed by atoms with Crippen LogP contribution in [0.3, 0.4) is 0 Å². The van der Waals surface area contributed by atoms with Crippen molar-refractivity contribution in [3.63, 3.8) is 0 Å². The van der Waals surface area contributed by atoms with E-state index in [0.29, 0.717) is 12.1 Å². The van der Waals surface area contributed by atoms with Crippen molar-refractivity contribution >= 4 is 11.8 Å². The molecule has 1 unspecified atom stereocenters. The van der Waals surface area contributed by atoms with Crippen LogP contribution < -0.4 is 10.6 Å². The number of anilines is 2. The van der Waals surface area contributed by atoms with Gasteiger partial charge in [0.2, 0.25) is 5.95 Å². The fraction of sp³-hybridized carbons (Fsp3) is 0.692. The Morgan fingerprint density at radius 1 is 1.41 bits per heavy atom. The molecule has 0 aromatic carbocycles. The fourth-order valence-corrected chi connectivity index (χ4v) is 2.12. The summed E-state index contributed by atoms with van der Waals surface area (Å²) in [5, 5.41) is 6.78. The van der Waals surface area contributed by atoms with Gasteiger partial charge in [-0.05, 0) is 32.3 Å². The third-order valence-corrected chi connectivity index (χ3v) is 3.35. The van der Waals surface area contributed by atoms with Crippen LogP contribution >= 0.6 is 0 Å². The van der Waals surface area contributed by atoms with Gasteiger partial charge in [-0.25, -0.2) is 4.98 Å². The molecular weight excluding hydrogens is 212 g/mol. The maximum atomic E-state index is 4.49. The first kappa shape index (κ1) is 12.1. The second-order valence-corrected chi connectivity index (χ2v) is 4.84. The summed E-state index contributed by atoms with van der Waals surface area (Å²) in [5.74, 6) is 1.67. The number of aromatic nitrogens is 2. The molecule has 0 amide bonds. The van der Waals surface area contributed by atoms with Crippen molar-refractivity contribution in [1.82, 2.24) is 9.97 Å². The van der Waals surface area contributed by atoms with E-state index in [0.717, 1.165) is 18.2 Å². The standard InChI is InChI=1S/C13H22N4/c1-3-10(2)15-12-8-9-14-13(17-12)16-11-6-4-5-7-11/h8-11H,3-7H2,1-2H3,(H2,14,15,16,17). The average molecular weight is 234 g/mol. The molecule has 1 saturated carbocycles. The molecule has 1 aromatic rings. The molecule has 1 fully saturated rings. The van der Waals surface area contributed by atoms with Gasteiger partial charge in [-0.3, -0.25) is 0 Å². The third-order valence-electron chi connectivity index (χ3n) is 3.35. The highest BCUT2D eigenvalue weighted by Crippen LogP contribution is 2.21. The Hall–Kier alpha value is -1.32. The van der Waals surface area contributed by atoms with E-state index in [4.69, 9.17) is 0 Å². The maximum absolute atomic E-state index is 4.49. The minimum atomic E-state index is 0.448. The predicted octanol–water partition coefficient (Wildman–Crippen LogP) is 3.04. The van der Waals surface area contributed by atoms with Crippen LogP contribution in [0, 0.1) is 0 Å². The van der Waals surface area contributed by atoms with Crippen LogP contribution in [-0.4, -0.2) is 22.1 Å². The van der Waals surface area contributed by atoms with Crippen molar-refractivity contribution in [1.29, 1.82) is 0 Å². The predicted molar refractivity (Wildman–Crippen MR) is 71.3 cm³/mol. The lowest BCUT2D eigenvalue weighted by Gasteiger charge is -2.15. The molecule has 1 aliphatic carbocycles. The number of rotatable bonds is 5. The Morgan fingerprint density at radius 2 is 2.18 bits per heavy atom. The number of nitrogens with one attached hydrogen (secondary N) is 2. The molecule has 1 heterocycles. The third kappa shape index (κ3) is 3.58. The van der Waals surface area contributed by atoms with Crippen LogP contribution in [0.15, 0.2) is 12.3 Å². The molecule has 0 spiro atoms. The van der Waals surface area contributed by atoms with E-state index in [1.807, 2.05) is 12.3 Å². The van der Waals surface area contributed by atoms with Crippen molar-refractivity contribution < 1.29 is 0 Å². The summed E-state index contributed by atoms with van der Waals surface area (Å²) in [4.78, 5) is 8.76. The van der Waals surface area contributed by atoms with E-state index in [1.165, 1.54) is 25.7 Å². The van der Waals surface area contributed by atoms with Crippen LogP contribution in [-0.2, 0) is 0 Å². The zero-order chi connectivity index (χ0) is 12.1. The van der Waals surface area contributed by atoms with Gasteiger partial charge in [0.05, 0.1) is 0 Å². The van der Waals surface area contributed by atoms with Gasteiger partial charge in [0.1, 0.15) is 5.82 Å². The minimum absolute atomic E-state index is 0.448. The molecule has 94 valence electrons. The van der Waals surface area contributed by atoms with Gasteiger partial charge in [0.15, 0.2) is 0 Å². The van der Waals surface area contributed by atoms with Gasteiger partial charge >= 0.3 is 0 Å². The zero-order valence-corrected chi connectivity index (χ0v) is 10.7. The Labute approximate surface area is 103 Å². The molecule has 2 N–H and O–H groups in total. The van der Waals surface area contributed by atoms with Crippen molar-refractivity contribution in [2.24, 2.45) is 0 Å². The largest absolute Gasteiger partial charge is 0.367 e. The molecule has 1 aliphatic rings. The SMILES string of the molecule is CCC(C)Nc1ccnc(NC2CCCC2)n1. The van der Waals surface area contributed by atoms with Crippen molar-refractivity contribution in [3.8, 4) is 0 Å². The number of nitrogens with zero attached hydrogens (tertiary/aromatic N) is 2. The molecule has 0 saturated heterocycles. The van der Waals surface area contributed by atoms with Crippen LogP contribution in [0.2, 0.25) is 0 Å². The summed E-state index contributed by atoms with van der Waals surface area (Å²) in [6.45, 7) is 4.32. The molecule has 4 heteroatoms. The average Bonchev–Trinajstić information content (AvgIpc) is 2.82. The fourth-order valence-electron chi connectivity index (χ4n) is 2.12. The van der Waals surface area contributed by atoms with Gasteiger partial charge in [0.25, 0.3) is 0 Å². The lowest BCUT2D eigenvalue weighted by molar-refractivity contribution is 0.739. The normalized spacial score (nSPS) is 18.0. The van der Waals surface area contributed by atoms with Gasteiger partial charge < -0.3 is 10.6 Å². The Kier molecular flexibility index (Phi) is 4.18. The van der Waals surface area contributed by atoms with E-state index < -0.39 is 0 Å². The van der Waals surface area contributed by atoms with E-state index in [1.54, 1.807) is 0 Å². The first-order chi connectivity index (χ1) is 8.28. The molecule has 4 nitrogen and oxygen atoms in total. The van der Waals surface area contributed by atoms with Gasteiger partial charge in [0, 0.05) is 18.3 Å². The van der Waals surface area contributed by atoms with Crippen LogP contribution in [0.25, 0.3) is 0 Å². The molecule has 1 atom stereocenters. The van der Waals surface area contributed by atoms with Crippen molar-refractivity contribution in [2.45, 2.75) is 58.0 Å². The lowest BCUT2D eigenvalue weighted by atomic mass is 10.2. The summed E-state index contributed by atoms with van der Waals surface area (Å²) < 4.78 is 0. The lowest BCUT2D eigenvalue weighted by Crippen LogP contribution is -2.18. The molecule has 0 radical (unpaired) electrons. The van der Waals surface area contributed by atoms with Crippen LogP contribution in [0.4, 0.5) is 11.8 Å². The Morgan fingerprint density at radius 3 is 2.88 bits per heavy atom. The highest BCUT2D eigenvalue weighted by Gasteiger charge is 2.15. The van der Waals surface area contributed by atoms with Crippen molar-refractivity contribution in [3.05, 3.63) is 12.3 Å². The second-order valence-electron chi connectivity index (χ2n) is 4.84. The van der Waals surface area contributed by atoms with E-state index in [2.05, 4.69) is 34.4 Å². The van der Waals surface area contributed by atoms with Gasteiger partial charge in [-0.1, -0.05) is 19.8 Å². The molecule has 1 aromatic heterocycles. The summed E-state index contributed by atoms with van der Waals surface area (Å²) in [6.07, 6.45) is 8.04. The van der Waals surface area contributed by atoms with E-state index in [9.17, 15) is 0 Å². The van der Waals surface area contributed by atoms with Crippen LogP contribution in [0.5, 0.6) is 0 Å². The Balaban J connectivity index is 1.95. The van der Waals surface area contributed by atoms with E-state index >= 15 is 0 Å². The smallest absolute Gasteiger partial charge is 0.224 e. The highest BCUT2D eigenvalue weighted by atomic mass is 15.2. The molecule has 17 heavy (non-hydrogen) atoms. The van der Waals surface area contributed by atoms with Crippen LogP contribution in [0.1, 0.15) is 46.0 Å². The van der Waals surface area contributed by atoms with Crippen molar-refractivity contribution in [2.75, 3.05) is 10.6 Å². The first-order valence-corrected chi connectivity index (χ1v) is 6.64.